The number of rotatable bonds is 19. The molecule has 0 unspecified atom stereocenters. The van der Waals surface area contributed by atoms with Crippen LogP contribution >= 0.6 is 23.2 Å². The molecule has 4 aromatic carbocycles. The molecule has 350 valence electrons. The Morgan fingerprint density at radius 3 is 1.46 bits per heavy atom. The van der Waals surface area contributed by atoms with E-state index in [2.05, 4.69) is 9.97 Å². The summed E-state index contributed by atoms with van der Waals surface area (Å²) in [4.78, 5) is 33.4. The molecule has 0 radical (unpaired) electrons. The maximum absolute atomic E-state index is 12.2. The van der Waals surface area contributed by atoms with Gasteiger partial charge in [-0.2, -0.15) is 0 Å². The molecular weight excluding hydrogens is 903 g/mol. The van der Waals surface area contributed by atoms with Gasteiger partial charge in [0, 0.05) is 67.4 Å². The van der Waals surface area contributed by atoms with Gasteiger partial charge < -0.3 is 47.7 Å². The number of carbonyl (C=O) groups is 2. The fourth-order valence-electron chi connectivity index (χ4n) is 7.90. The summed E-state index contributed by atoms with van der Waals surface area (Å²) in [5.41, 5.74) is 2.88. The Morgan fingerprint density at radius 2 is 1.04 bits per heavy atom. The quantitative estimate of drug-likeness (QED) is 0.0763. The Labute approximate surface area is 397 Å². The van der Waals surface area contributed by atoms with Crippen LogP contribution in [-0.2, 0) is 27.2 Å². The largest absolute Gasteiger partial charge is 0.487 e. The molecule has 2 aromatic heterocycles. The second-order valence-electron chi connectivity index (χ2n) is 16.7. The number of Topliss-reactive ketones (excluding diaryl/α,β-unsaturated/α-hetero) is 2. The van der Waals surface area contributed by atoms with Gasteiger partial charge in [0.1, 0.15) is 74.2 Å². The number of fused-ring (bicyclic) bond motifs is 6. The summed E-state index contributed by atoms with van der Waals surface area (Å²) >= 11 is 13.0. The number of pyridine rings is 2. The van der Waals surface area contributed by atoms with Crippen LogP contribution in [-0.4, -0.2) is 86.6 Å². The fraction of sp³-hybridized carbons (Fsp3) is 0.373. The SMILES string of the molecule is COCCOc1cc2nccc(Oc3ccc(CC(=O)CC4CC4)c(Cl)c3)c2c2c1OCCO2.O=C(Cc1ccc(Oc2ccnc3cc(OCCO)c4c(c23)OCCO4)cc1Cl)CC1CC1. The number of methoxy groups -OCH3 is 1. The lowest BCUT2D eigenvalue weighted by Crippen LogP contribution is -2.17. The number of nitrogens with zero attached hydrogens (tertiary/aromatic N) is 2. The Hall–Kier alpha value is -6.06. The highest BCUT2D eigenvalue weighted by atomic mass is 35.5. The molecule has 4 heterocycles. The highest BCUT2D eigenvalue weighted by molar-refractivity contribution is 6.32. The number of carbonyl (C=O) groups excluding carboxylic acids is 2. The van der Waals surface area contributed by atoms with Crippen LogP contribution in [0.3, 0.4) is 0 Å². The molecule has 0 amide bonds. The number of aliphatic hydroxyl groups excluding tert-OH is 1. The number of benzene rings is 4. The van der Waals surface area contributed by atoms with Gasteiger partial charge in [-0.25, -0.2) is 0 Å². The monoisotopic (exact) mass is 952 g/mol. The third-order valence-corrected chi connectivity index (χ3v) is 12.2. The molecule has 2 fully saturated rings. The van der Waals surface area contributed by atoms with E-state index >= 15 is 0 Å². The summed E-state index contributed by atoms with van der Waals surface area (Å²) in [6.45, 7) is 2.45. The molecule has 14 nitrogen and oxygen atoms in total. The van der Waals surface area contributed by atoms with E-state index in [1.165, 1.54) is 0 Å². The van der Waals surface area contributed by atoms with Gasteiger partial charge in [0.2, 0.25) is 11.5 Å². The third kappa shape index (κ3) is 11.4. The number of hydrogen-bond acceptors (Lipinski definition) is 14. The van der Waals surface area contributed by atoms with Gasteiger partial charge in [-0.1, -0.05) is 35.3 Å². The number of ketones is 2. The van der Waals surface area contributed by atoms with Crippen LogP contribution in [0.15, 0.2) is 73.1 Å². The minimum absolute atomic E-state index is 0.118. The lowest BCUT2D eigenvalue weighted by atomic mass is 10.0. The molecule has 6 aromatic rings. The topological polar surface area (TPSA) is 163 Å². The van der Waals surface area contributed by atoms with E-state index < -0.39 is 0 Å². The third-order valence-electron chi connectivity index (χ3n) is 11.5. The van der Waals surface area contributed by atoms with Crippen LogP contribution in [0.1, 0.15) is 49.7 Å². The van der Waals surface area contributed by atoms with Crippen LogP contribution in [0.5, 0.6) is 57.5 Å². The van der Waals surface area contributed by atoms with E-state index in [1.807, 2.05) is 24.3 Å². The Morgan fingerprint density at radius 1 is 0.597 bits per heavy atom. The van der Waals surface area contributed by atoms with Crippen molar-refractivity contribution in [1.82, 2.24) is 9.97 Å². The molecule has 0 atom stereocenters. The fourth-order valence-corrected chi connectivity index (χ4v) is 8.38. The molecule has 16 heteroatoms. The van der Waals surface area contributed by atoms with Crippen LogP contribution in [0.2, 0.25) is 10.0 Å². The van der Waals surface area contributed by atoms with Crippen molar-refractivity contribution in [3.05, 3.63) is 94.2 Å². The van der Waals surface area contributed by atoms with Crippen molar-refractivity contribution in [1.29, 1.82) is 0 Å². The second-order valence-corrected chi connectivity index (χ2v) is 17.5. The zero-order valence-corrected chi connectivity index (χ0v) is 38.5. The maximum atomic E-state index is 12.2. The maximum Gasteiger partial charge on any atom is 0.204 e. The minimum atomic E-state index is -0.118. The number of ether oxygens (including phenoxy) is 9. The van der Waals surface area contributed by atoms with Gasteiger partial charge in [-0.3, -0.25) is 19.6 Å². The van der Waals surface area contributed by atoms with Crippen molar-refractivity contribution in [2.45, 2.75) is 51.4 Å². The molecular formula is C51H50Cl2N2O12. The number of aromatic nitrogens is 2. The van der Waals surface area contributed by atoms with Crippen LogP contribution in [0, 0.1) is 11.8 Å². The molecule has 1 N–H and O–H groups in total. The summed E-state index contributed by atoms with van der Waals surface area (Å²) in [6, 6.07) is 17.8. The Bertz CT molecular complexity index is 2780. The highest BCUT2D eigenvalue weighted by Crippen LogP contribution is 2.50. The number of halogens is 2. The lowest BCUT2D eigenvalue weighted by Gasteiger charge is -2.23. The molecule has 4 aliphatic rings. The van der Waals surface area contributed by atoms with Crippen molar-refractivity contribution in [3.63, 3.8) is 0 Å². The molecule has 2 aliphatic carbocycles. The zero-order valence-electron chi connectivity index (χ0n) is 37.0. The van der Waals surface area contributed by atoms with Crippen molar-refractivity contribution >= 4 is 56.6 Å². The van der Waals surface area contributed by atoms with Gasteiger partial charge in [-0.15, -0.1) is 0 Å². The molecule has 10 rings (SSSR count). The predicted octanol–water partition coefficient (Wildman–Crippen LogP) is 10.1. The lowest BCUT2D eigenvalue weighted by molar-refractivity contribution is -0.119. The van der Waals surface area contributed by atoms with Crippen LogP contribution in [0.4, 0.5) is 0 Å². The summed E-state index contributed by atoms with van der Waals surface area (Å²) in [5, 5.41) is 11.5. The van der Waals surface area contributed by atoms with E-state index in [0.717, 1.165) is 36.8 Å². The van der Waals surface area contributed by atoms with E-state index in [-0.39, 0.29) is 24.8 Å². The van der Waals surface area contributed by atoms with E-state index in [9.17, 15) is 9.59 Å². The van der Waals surface area contributed by atoms with Gasteiger partial charge >= 0.3 is 0 Å². The van der Waals surface area contributed by atoms with Crippen molar-refractivity contribution in [2.75, 3.05) is 60.0 Å². The van der Waals surface area contributed by atoms with E-state index in [4.69, 9.17) is 70.9 Å². The molecule has 0 bridgehead atoms. The van der Waals surface area contributed by atoms with Gasteiger partial charge in [0.25, 0.3) is 0 Å². The Balaban J connectivity index is 0.000000168. The Kier molecular flexibility index (Phi) is 14.6. The summed E-state index contributed by atoms with van der Waals surface area (Å²) in [7, 11) is 1.62. The summed E-state index contributed by atoms with van der Waals surface area (Å²) in [5.74, 6) is 6.77. The van der Waals surface area contributed by atoms with Crippen molar-refractivity contribution in [2.24, 2.45) is 11.8 Å². The smallest absolute Gasteiger partial charge is 0.204 e. The highest BCUT2D eigenvalue weighted by Gasteiger charge is 2.28. The normalized spacial score (nSPS) is 14.8. The predicted molar refractivity (Wildman–Crippen MR) is 251 cm³/mol. The number of hydrogen-bond donors (Lipinski definition) is 1. The van der Waals surface area contributed by atoms with Gasteiger partial charge in [-0.05, 0) is 85.0 Å². The number of aliphatic hydroxyl groups is 1. The second kappa shape index (κ2) is 21.3. The first-order valence-corrected chi connectivity index (χ1v) is 23.2. The van der Waals surface area contributed by atoms with Crippen LogP contribution in [0.25, 0.3) is 21.8 Å². The van der Waals surface area contributed by atoms with Crippen LogP contribution < -0.4 is 37.9 Å². The first-order chi connectivity index (χ1) is 32.7. The first kappa shape index (κ1) is 46.1. The van der Waals surface area contributed by atoms with E-state index in [0.29, 0.717) is 167 Å². The van der Waals surface area contributed by atoms with Gasteiger partial charge in [0.15, 0.2) is 23.0 Å². The van der Waals surface area contributed by atoms with Gasteiger partial charge in [0.05, 0.1) is 35.0 Å². The van der Waals surface area contributed by atoms with Crippen molar-refractivity contribution in [3.8, 4) is 57.5 Å². The minimum Gasteiger partial charge on any atom is -0.487 e. The van der Waals surface area contributed by atoms with Crippen molar-refractivity contribution < 1.29 is 57.3 Å². The average molecular weight is 954 g/mol. The molecule has 0 saturated heterocycles. The van der Waals surface area contributed by atoms with E-state index in [1.54, 1.807) is 55.9 Å². The zero-order chi connectivity index (χ0) is 46.3. The summed E-state index contributed by atoms with van der Waals surface area (Å²) < 4.78 is 52.5. The molecule has 67 heavy (non-hydrogen) atoms. The molecule has 0 spiro atoms. The molecule has 2 saturated carbocycles. The standard InChI is InChI=1S/C26H26ClNO6.C25H24ClNO6/c1-30-8-9-31-23-15-21-24(26-25(23)32-10-11-33-26)22(6-7-28-21)34-19-5-4-17(20(27)14-19)13-18(29)12-16-2-3-16;26-19-13-18(4-3-16(19)12-17(29)11-15-1-2-15)33-21-5-6-27-20-14-22(30-8-7-28)24-25(23(20)21)32-10-9-31-24/h4-7,14-16H,2-3,8-13H2,1H3;3-6,13-15,28H,1-2,7-12H2. The summed E-state index contributed by atoms with van der Waals surface area (Å²) in [6.07, 6.45) is 9.88. The average Bonchev–Trinajstić information content (AvgIpc) is 4.29. The molecule has 2 aliphatic heterocycles. The first-order valence-electron chi connectivity index (χ1n) is 22.5.